The largest absolute Gasteiger partial charge is 0.496 e. The van der Waals surface area contributed by atoms with Gasteiger partial charge in [0, 0.05) is 11.8 Å². The number of aliphatic imine (C=N–C) groups is 1. The fourth-order valence-corrected chi connectivity index (χ4v) is 3.33. The zero-order chi connectivity index (χ0) is 16.1. The first-order valence-corrected chi connectivity index (χ1v) is 8.16. The minimum Gasteiger partial charge on any atom is -0.496 e. The summed E-state index contributed by atoms with van der Waals surface area (Å²) >= 11 is 6.23. The smallest absolute Gasteiger partial charge is 0.150 e. The van der Waals surface area contributed by atoms with Crippen LogP contribution in [0.4, 0.5) is 0 Å². The maximum Gasteiger partial charge on any atom is 0.150 e. The summed E-state index contributed by atoms with van der Waals surface area (Å²) in [7, 11) is 3.27. The van der Waals surface area contributed by atoms with Gasteiger partial charge in [-0.2, -0.15) is 0 Å². The molecule has 4 nitrogen and oxygen atoms in total. The highest BCUT2D eigenvalue weighted by atomic mass is 35.5. The van der Waals surface area contributed by atoms with Gasteiger partial charge in [-0.1, -0.05) is 18.5 Å². The summed E-state index contributed by atoms with van der Waals surface area (Å²) in [6.07, 6.45) is 2.48. The SMILES string of the molecule is CCN1CCCC1CN=C(C)c1c(OC)ccc(Cl)c1OC. The van der Waals surface area contributed by atoms with Crippen molar-refractivity contribution in [2.75, 3.05) is 33.9 Å². The molecule has 1 saturated heterocycles. The average molecular weight is 325 g/mol. The molecule has 0 spiro atoms. The molecule has 1 aromatic carbocycles. The van der Waals surface area contributed by atoms with E-state index in [1.165, 1.54) is 19.4 Å². The van der Waals surface area contributed by atoms with E-state index in [2.05, 4.69) is 11.8 Å². The summed E-state index contributed by atoms with van der Waals surface area (Å²) in [6, 6.07) is 4.18. The molecule has 0 bridgehead atoms. The molecule has 1 heterocycles. The van der Waals surface area contributed by atoms with E-state index >= 15 is 0 Å². The van der Waals surface area contributed by atoms with Gasteiger partial charge in [-0.25, -0.2) is 0 Å². The first-order valence-electron chi connectivity index (χ1n) is 7.78. The third-order valence-corrected chi connectivity index (χ3v) is 4.60. The molecule has 0 aromatic heterocycles. The van der Waals surface area contributed by atoms with Gasteiger partial charge in [0.2, 0.25) is 0 Å². The minimum atomic E-state index is 0.538. The van der Waals surface area contributed by atoms with E-state index in [1.807, 2.05) is 13.0 Å². The molecular formula is C17H25ClN2O2. The molecule has 5 heteroatoms. The summed E-state index contributed by atoms with van der Waals surface area (Å²) in [5, 5.41) is 0.573. The van der Waals surface area contributed by atoms with Gasteiger partial charge in [0.15, 0.2) is 0 Å². The van der Waals surface area contributed by atoms with Gasteiger partial charge in [0.1, 0.15) is 11.5 Å². The van der Waals surface area contributed by atoms with Crippen LogP contribution in [0.1, 0.15) is 32.3 Å². The molecule has 1 aromatic rings. The zero-order valence-corrected chi connectivity index (χ0v) is 14.6. The Morgan fingerprint density at radius 1 is 1.36 bits per heavy atom. The standard InChI is InChI=1S/C17H25ClN2O2/c1-5-20-10-6-7-13(20)11-19-12(2)16-15(21-3)9-8-14(18)17(16)22-4/h8-9,13H,5-7,10-11H2,1-4H3. The van der Waals surface area contributed by atoms with Crippen molar-refractivity contribution in [1.82, 2.24) is 4.90 Å². The molecule has 0 radical (unpaired) electrons. The van der Waals surface area contributed by atoms with E-state index in [-0.39, 0.29) is 0 Å². The Morgan fingerprint density at radius 3 is 2.77 bits per heavy atom. The highest BCUT2D eigenvalue weighted by molar-refractivity contribution is 6.33. The van der Waals surface area contributed by atoms with Crippen LogP contribution < -0.4 is 9.47 Å². The van der Waals surface area contributed by atoms with Gasteiger partial charge in [-0.15, -0.1) is 0 Å². The Kier molecular flexibility index (Phi) is 6.09. The van der Waals surface area contributed by atoms with Crippen molar-refractivity contribution in [2.45, 2.75) is 32.7 Å². The van der Waals surface area contributed by atoms with Crippen LogP contribution in [0.25, 0.3) is 0 Å². The quantitative estimate of drug-likeness (QED) is 0.749. The van der Waals surface area contributed by atoms with Crippen molar-refractivity contribution in [3.05, 3.63) is 22.7 Å². The molecule has 122 valence electrons. The molecule has 1 fully saturated rings. The zero-order valence-electron chi connectivity index (χ0n) is 13.9. The molecule has 1 aliphatic heterocycles. The lowest BCUT2D eigenvalue weighted by atomic mass is 10.1. The topological polar surface area (TPSA) is 34.1 Å². The average Bonchev–Trinajstić information content (AvgIpc) is 2.99. The third-order valence-electron chi connectivity index (χ3n) is 4.30. The maximum absolute atomic E-state index is 6.23. The van der Waals surface area contributed by atoms with Crippen molar-refractivity contribution in [3.8, 4) is 11.5 Å². The molecular weight excluding hydrogens is 300 g/mol. The van der Waals surface area contributed by atoms with Crippen LogP contribution in [0, 0.1) is 0 Å². The molecule has 0 amide bonds. The fourth-order valence-electron chi connectivity index (χ4n) is 3.09. The predicted octanol–water partition coefficient (Wildman–Crippen LogP) is 3.65. The second kappa shape index (κ2) is 7.84. The van der Waals surface area contributed by atoms with Crippen LogP contribution in [0.5, 0.6) is 11.5 Å². The number of likely N-dealkylation sites (tertiary alicyclic amines) is 1. The van der Waals surface area contributed by atoms with Crippen LogP contribution in [-0.2, 0) is 0 Å². The molecule has 0 N–H and O–H groups in total. The van der Waals surface area contributed by atoms with Crippen LogP contribution in [0.3, 0.4) is 0 Å². The van der Waals surface area contributed by atoms with E-state index < -0.39 is 0 Å². The first kappa shape index (κ1) is 17.1. The van der Waals surface area contributed by atoms with E-state index in [1.54, 1.807) is 20.3 Å². The van der Waals surface area contributed by atoms with Crippen LogP contribution in [0.15, 0.2) is 17.1 Å². The number of halogens is 1. The Bertz CT molecular complexity index is 546. The number of likely N-dealkylation sites (N-methyl/N-ethyl adjacent to an activating group) is 1. The number of ether oxygens (including phenoxy) is 2. The molecule has 1 aliphatic rings. The van der Waals surface area contributed by atoms with Gasteiger partial charge in [0.25, 0.3) is 0 Å². The Hall–Kier alpha value is -1.26. The maximum atomic E-state index is 6.23. The highest BCUT2D eigenvalue weighted by Crippen LogP contribution is 2.36. The molecule has 2 rings (SSSR count). The van der Waals surface area contributed by atoms with Gasteiger partial charge < -0.3 is 9.47 Å². The second-order valence-electron chi connectivity index (χ2n) is 5.51. The third kappa shape index (κ3) is 3.55. The lowest BCUT2D eigenvalue weighted by molar-refractivity contribution is 0.273. The van der Waals surface area contributed by atoms with Crippen LogP contribution in [-0.4, -0.2) is 50.5 Å². The number of methoxy groups -OCH3 is 2. The van der Waals surface area contributed by atoms with Gasteiger partial charge in [-0.05, 0) is 45.0 Å². The van der Waals surface area contributed by atoms with Gasteiger partial charge >= 0.3 is 0 Å². The highest BCUT2D eigenvalue weighted by Gasteiger charge is 2.23. The minimum absolute atomic E-state index is 0.538. The number of rotatable bonds is 6. The van der Waals surface area contributed by atoms with Gasteiger partial charge in [0.05, 0.1) is 31.4 Å². The summed E-state index contributed by atoms with van der Waals surface area (Å²) in [4.78, 5) is 7.28. The summed E-state index contributed by atoms with van der Waals surface area (Å²) < 4.78 is 10.9. The molecule has 1 atom stereocenters. The van der Waals surface area contributed by atoms with Crippen molar-refractivity contribution >= 4 is 17.3 Å². The molecule has 0 aliphatic carbocycles. The van der Waals surface area contributed by atoms with Crippen LogP contribution in [0.2, 0.25) is 5.02 Å². The molecule has 22 heavy (non-hydrogen) atoms. The van der Waals surface area contributed by atoms with Crippen molar-refractivity contribution in [1.29, 1.82) is 0 Å². The number of hydrogen-bond donors (Lipinski definition) is 0. The Labute approximate surface area is 138 Å². The summed E-state index contributed by atoms with van der Waals surface area (Å²) in [5.74, 6) is 1.36. The van der Waals surface area contributed by atoms with E-state index in [9.17, 15) is 0 Å². The normalized spacial score (nSPS) is 19.5. The Morgan fingerprint density at radius 2 is 2.14 bits per heavy atom. The van der Waals surface area contributed by atoms with E-state index in [4.69, 9.17) is 26.1 Å². The predicted molar refractivity (Wildman–Crippen MR) is 91.9 cm³/mol. The van der Waals surface area contributed by atoms with Crippen molar-refractivity contribution in [3.63, 3.8) is 0 Å². The second-order valence-corrected chi connectivity index (χ2v) is 5.92. The first-order chi connectivity index (χ1) is 10.6. The van der Waals surface area contributed by atoms with Gasteiger partial charge in [-0.3, -0.25) is 9.89 Å². The molecule has 1 unspecified atom stereocenters. The van der Waals surface area contributed by atoms with Crippen LogP contribution >= 0.6 is 11.6 Å². The van der Waals surface area contributed by atoms with Crippen molar-refractivity contribution in [2.24, 2.45) is 4.99 Å². The summed E-state index contributed by atoms with van der Waals surface area (Å²) in [6.45, 7) is 7.26. The summed E-state index contributed by atoms with van der Waals surface area (Å²) in [5.41, 5.74) is 1.75. The van der Waals surface area contributed by atoms with E-state index in [0.717, 1.165) is 30.1 Å². The number of hydrogen-bond acceptors (Lipinski definition) is 4. The lowest BCUT2D eigenvalue weighted by Crippen LogP contribution is -2.31. The molecule has 0 saturated carbocycles. The number of benzene rings is 1. The van der Waals surface area contributed by atoms with Crippen molar-refractivity contribution < 1.29 is 9.47 Å². The fraction of sp³-hybridized carbons (Fsp3) is 0.588. The Balaban J connectivity index is 2.26. The number of nitrogens with zero attached hydrogens (tertiary/aromatic N) is 2. The van der Waals surface area contributed by atoms with E-state index in [0.29, 0.717) is 16.8 Å². The lowest BCUT2D eigenvalue weighted by Gasteiger charge is -2.21. The monoisotopic (exact) mass is 324 g/mol.